The molecule has 0 aliphatic rings. The molecule has 0 fully saturated rings. The van der Waals surface area contributed by atoms with Crippen molar-refractivity contribution >= 4 is 0 Å². The van der Waals surface area contributed by atoms with E-state index in [4.69, 9.17) is 4.74 Å². The van der Waals surface area contributed by atoms with Crippen molar-refractivity contribution in [3.05, 3.63) is 26.5 Å². The summed E-state index contributed by atoms with van der Waals surface area (Å²) in [7, 11) is 0. The highest BCUT2D eigenvalue weighted by Gasteiger charge is 2.10. The minimum atomic E-state index is -0.506. The third kappa shape index (κ3) is 1.07. The lowest BCUT2D eigenvalue weighted by atomic mass is 10.3. The molecule has 0 atom stereocenters. The van der Waals surface area contributed by atoms with E-state index in [-0.39, 0.29) is 11.9 Å². The first kappa shape index (κ1) is 6.99. The van der Waals surface area contributed by atoms with E-state index in [0.717, 1.165) is 0 Å². The Labute approximate surface area is 57.9 Å². The molecule has 54 valence electrons. The fourth-order valence-electron chi connectivity index (χ4n) is 0.635. The molecule has 0 aliphatic heterocycles. The fourth-order valence-corrected chi connectivity index (χ4v) is 0.635. The quantitative estimate of drug-likeness (QED) is 0.546. The van der Waals surface area contributed by atoms with Crippen molar-refractivity contribution in [2.45, 2.75) is 20.0 Å². The summed E-state index contributed by atoms with van der Waals surface area (Å²) in [5, 5.41) is 0. The van der Waals surface area contributed by atoms with Gasteiger partial charge in [0.25, 0.3) is 5.43 Å². The van der Waals surface area contributed by atoms with E-state index in [9.17, 15) is 9.59 Å². The van der Waals surface area contributed by atoms with Crippen molar-refractivity contribution < 1.29 is 4.74 Å². The standard InChI is InChI=1S/C7H8O3/c1-4(2)10-6-3-5(8)7(6)9/h3-4H,1-2H3. The van der Waals surface area contributed by atoms with E-state index >= 15 is 0 Å². The summed E-state index contributed by atoms with van der Waals surface area (Å²) >= 11 is 0. The van der Waals surface area contributed by atoms with Crippen LogP contribution in [0.25, 0.3) is 0 Å². The van der Waals surface area contributed by atoms with Gasteiger partial charge in [-0.2, -0.15) is 0 Å². The molecule has 0 heterocycles. The average Bonchev–Trinajstić information content (AvgIpc) is 1.86. The van der Waals surface area contributed by atoms with Gasteiger partial charge in [-0.25, -0.2) is 0 Å². The normalized spacial score (nSPS) is 10.7. The molecule has 0 saturated carbocycles. The molecule has 10 heavy (non-hydrogen) atoms. The van der Waals surface area contributed by atoms with Gasteiger partial charge in [-0.15, -0.1) is 0 Å². The van der Waals surface area contributed by atoms with Crippen molar-refractivity contribution in [3.63, 3.8) is 0 Å². The molecule has 1 rings (SSSR count). The second-order valence-electron chi connectivity index (χ2n) is 2.37. The zero-order valence-electron chi connectivity index (χ0n) is 5.88. The molecule has 0 aliphatic carbocycles. The lowest BCUT2D eigenvalue weighted by Gasteiger charge is -2.08. The Bertz CT molecular complexity index is 291. The zero-order valence-corrected chi connectivity index (χ0v) is 5.88. The second-order valence-corrected chi connectivity index (χ2v) is 2.37. The molecule has 0 spiro atoms. The maximum atomic E-state index is 10.6. The summed E-state index contributed by atoms with van der Waals surface area (Å²) in [5.74, 6) is 0.194. The van der Waals surface area contributed by atoms with Crippen LogP contribution in [-0.2, 0) is 0 Å². The SMILES string of the molecule is CC(C)Oc1cc(=O)c1=O. The van der Waals surface area contributed by atoms with Crippen molar-refractivity contribution in [2.24, 2.45) is 0 Å². The lowest BCUT2D eigenvalue weighted by molar-refractivity contribution is 0.237. The highest BCUT2D eigenvalue weighted by molar-refractivity contribution is 5.26. The van der Waals surface area contributed by atoms with Gasteiger partial charge in [0.1, 0.15) is 0 Å². The Morgan fingerprint density at radius 1 is 1.40 bits per heavy atom. The predicted octanol–water partition coefficient (Wildman–Crippen LogP) is 0.0698. The molecule has 1 aromatic carbocycles. The summed E-state index contributed by atoms with van der Waals surface area (Å²) in [6.07, 6.45) is -0.0386. The highest BCUT2D eigenvalue weighted by Crippen LogP contribution is 2.01. The minimum absolute atomic E-state index is 0.0386. The third-order valence-electron chi connectivity index (χ3n) is 1.07. The highest BCUT2D eigenvalue weighted by atomic mass is 16.5. The van der Waals surface area contributed by atoms with Gasteiger partial charge >= 0.3 is 0 Å². The minimum Gasteiger partial charge on any atom is -0.487 e. The Morgan fingerprint density at radius 2 is 2.00 bits per heavy atom. The van der Waals surface area contributed by atoms with E-state index < -0.39 is 10.9 Å². The van der Waals surface area contributed by atoms with Gasteiger partial charge in [0.05, 0.1) is 6.10 Å². The average molecular weight is 140 g/mol. The monoisotopic (exact) mass is 140 g/mol. The lowest BCUT2D eigenvalue weighted by Crippen LogP contribution is -2.32. The van der Waals surface area contributed by atoms with Crippen LogP contribution in [0.4, 0.5) is 0 Å². The first-order valence-electron chi connectivity index (χ1n) is 3.08. The molecule has 3 heteroatoms. The molecule has 1 aromatic rings. The van der Waals surface area contributed by atoms with E-state index in [2.05, 4.69) is 0 Å². The number of hydrogen-bond donors (Lipinski definition) is 0. The number of rotatable bonds is 2. The maximum absolute atomic E-state index is 10.6. The van der Waals surface area contributed by atoms with Gasteiger partial charge in [0.15, 0.2) is 5.75 Å². The Kier molecular flexibility index (Phi) is 1.57. The van der Waals surface area contributed by atoms with Crippen LogP contribution in [0.15, 0.2) is 15.7 Å². The van der Waals surface area contributed by atoms with Crippen molar-refractivity contribution in [2.75, 3.05) is 0 Å². The van der Waals surface area contributed by atoms with Crippen LogP contribution in [-0.4, -0.2) is 6.10 Å². The van der Waals surface area contributed by atoms with Crippen LogP contribution >= 0.6 is 0 Å². The summed E-state index contributed by atoms with van der Waals surface area (Å²) in [4.78, 5) is 20.9. The largest absolute Gasteiger partial charge is 0.487 e. The first-order chi connectivity index (χ1) is 4.61. The van der Waals surface area contributed by atoms with Gasteiger partial charge in [0.2, 0.25) is 5.43 Å². The Hall–Kier alpha value is -1.12. The summed E-state index contributed by atoms with van der Waals surface area (Å²) < 4.78 is 4.96. The predicted molar refractivity (Wildman–Crippen MR) is 37.1 cm³/mol. The molecule has 0 aromatic heterocycles. The first-order valence-corrected chi connectivity index (χ1v) is 3.08. The number of ether oxygens (including phenoxy) is 1. The van der Waals surface area contributed by atoms with Crippen LogP contribution in [0.5, 0.6) is 5.75 Å². The maximum Gasteiger partial charge on any atom is 0.267 e. The van der Waals surface area contributed by atoms with Crippen molar-refractivity contribution in [1.82, 2.24) is 0 Å². The van der Waals surface area contributed by atoms with Crippen LogP contribution < -0.4 is 15.6 Å². The van der Waals surface area contributed by atoms with Gasteiger partial charge in [-0.3, -0.25) is 9.59 Å². The molecular formula is C7H8O3. The molecule has 0 radical (unpaired) electrons. The Balaban J connectivity index is 2.73. The van der Waals surface area contributed by atoms with Gasteiger partial charge in [0, 0.05) is 6.07 Å². The Morgan fingerprint density at radius 3 is 2.30 bits per heavy atom. The zero-order chi connectivity index (χ0) is 7.72. The van der Waals surface area contributed by atoms with Crippen molar-refractivity contribution in [1.29, 1.82) is 0 Å². The number of hydrogen-bond acceptors (Lipinski definition) is 3. The summed E-state index contributed by atoms with van der Waals surface area (Å²) in [5.41, 5.74) is -0.968. The van der Waals surface area contributed by atoms with Crippen LogP contribution in [0.1, 0.15) is 13.8 Å². The molecule has 3 nitrogen and oxygen atoms in total. The molecule has 0 bridgehead atoms. The third-order valence-corrected chi connectivity index (χ3v) is 1.07. The van der Waals surface area contributed by atoms with Crippen molar-refractivity contribution in [3.8, 4) is 5.75 Å². The van der Waals surface area contributed by atoms with E-state index in [1.54, 1.807) is 13.8 Å². The molecule has 0 saturated heterocycles. The molecule has 0 N–H and O–H groups in total. The molecular weight excluding hydrogens is 132 g/mol. The molecule has 0 unspecified atom stereocenters. The van der Waals surface area contributed by atoms with Crippen LogP contribution in [0.3, 0.4) is 0 Å². The van der Waals surface area contributed by atoms with Gasteiger partial charge in [-0.05, 0) is 13.8 Å². The molecule has 0 amide bonds. The summed E-state index contributed by atoms with van der Waals surface area (Å²) in [6, 6.07) is 1.21. The van der Waals surface area contributed by atoms with E-state index in [0.29, 0.717) is 0 Å². The summed E-state index contributed by atoms with van der Waals surface area (Å²) in [6.45, 7) is 3.60. The second kappa shape index (κ2) is 2.25. The van der Waals surface area contributed by atoms with Gasteiger partial charge < -0.3 is 4.74 Å². The van der Waals surface area contributed by atoms with E-state index in [1.165, 1.54) is 6.07 Å². The van der Waals surface area contributed by atoms with E-state index in [1.807, 2.05) is 0 Å². The van der Waals surface area contributed by atoms with Crippen LogP contribution in [0.2, 0.25) is 0 Å². The fraction of sp³-hybridized carbons (Fsp3) is 0.429. The topological polar surface area (TPSA) is 43.4 Å². The smallest absolute Gasteiger partial charge is 0.267 e. The van der Waals surface area contributed by atoms with Gasteiger partial charge in [-0.1, -0.05) is 0 Å². The van der Waals surface area contributed by atoms with Crippen LogP contribution in [0, 0.1) is 0 Å².